The SMILES string of the molecule is FC(F)n1cc(-c2cnc3c(NCc4nc5cc(Cl)c(Cl)cc5[nH]4)nc(C4=CCOCC4)cn23)cn1. The lowest BCUT2D eigenvalue weighted by atomic mass is 10.1. The first-order valence-corrected chi connectivity index (χ1v) is 11.8. The van der Waals surface area contributed by atoms with Gasteiger partial charge in [0.2, 0.25) is 0 Å². The van der Waals surface area contributed by atoms with Crippen LogP contribution < -0.4 is 5.32 Å². The van der Waals surface area contributed by atoms with E-state index in [4.69, 9.17) is 32.9 Å². The quantitative estimate of drug-likeness (QED) is 0.297. The van der Waals surface area contributed by atoms with E-state index in [1.165, 1.54) is 12.4 Å². The number of rotatable bonds is 6. The molecule has 0 radical (unpaired) electrons. The molecule has 1 aliphatic heterocycles. The van der Waals surface area contributed by atoms with Crippen molar-refractivity contribution in [1.82, 2.24) is 34.1 Å². The van der Waals surface area contributed by atoms with E-state index >= 15 is 0 Å². The zero-order valence-electron chi connectivity index (χ0n) is 18.6. The molecule has 36 heavy (non-hydrogen) atoms. The molecule has 184 valence electrons. The van der Waals surface area contributed by atoms with Gasteiger partial charge < -0.3 is 15.0 Å². The molecule has 0 saturated carbocycles. The maximum atomic E-state index is 13.1. The Kier molecular flexibility index (Phi) is 5.82. The minimum atomic E-state index is -2.73. The van der Waals surface area contributed by atoms with Crippen molar-refractivity contribution in [2.75, 3.05) is 18.5 Å². The number of aromatic amines is 1. The van der Waals surface area contributed by atoms with Gasteiger partial charge in [-0.2, -0.15) is 13.9 Å². The summed E-state index contributed by atoms with van der Waals surface area (Å²) >= 11 is 12.2. The number of halogens is 4. The summed E-state index contributed by atoms with van der Waals surface area (Å²) in [6, 6.07) is 3.43. The average molecular weight is 531 g/mol. The Hall–Kier alpha value is -3.54. The zero-order chi connectivity index (χ0) is 24.8. The molecular weight excluding hydrogens is 513 g/mol. The zero-order valence-corrected chi connectivity index (χ0v) is 20.1. The molecule has 0 amide bonds. The predicted molar refractivity (Wildman–Crippen MR) is 132 cm³/mol. The van der Waals surface area contributed by atoms with Crippen LogP contribution in [0.15, 0.2) is 43.0 Å². The first-order chi connectivity index (χ1) is 17.5. The fourth-order valence-electron chi connectivity index (χ4n) is 4.12. The number of H-pyrrole nitrogens is 1. The lowest BCUT2D eigenvalue weighted by molar-refractivity contribution is 0.0566. The fourth-order valence-corrected chi connectivity index (χ4v) is 4.44. The van der Waals surface area contributed by atoms with Gasteiger partial charge in [0.1, 0.15) is 5.82 Å². The molecule has 0 atom stereocenters. The first-order valence-electron chi connectivity index (χ1n) is 11.0. The van der Waals surface area contributed by atoms with E-state index in [0.29, 0.717) is 75.0 Å². The third-order valence-corrected chi connectivity index (χ3v) is 6.60. The molecule has 13 heteroatoms. The molecule has 0 spiro atoms. The van der Waals surface area contributed by atoms with Crippen LogP contribution in [-0.2, 0) is 11.3 Å². The number of aromatic nitrogens is 7. The number of benzene rings is 1. The van der Waals surface area contributed by atoms with Gasteiger partial charge in [0.25, 0.3) is 0 Å². The molecule has 5 aromatic rings. The Bertz CT molecular complexity index is 1580. The number of imidazole rings is 2. The summed E-state index contributed by atoms with van der Waals surface area (Å²) in [5.41, 5.74) is 4.88. The summed E-state index contributed by atoms with van der Waals surface area (Å²) in [7, 11) is 0. The molecule has 5 heterocycles. The minimum Gasteiger partial charge on any atom is -0.377 e. The van der Waals surface area contributed by atoms with Gasteiger partial charge in [-0.3, -0.25) is 4.40 Å². The topological polar surface area (TPSA) is 98.0 Å². The largest absolute Gasteiger partial charge is 0.377 e. The molecular formula is C23H18Cl2F2N8O. The van der Waals surface area contributed by atoms with Crippen LogP contribution in [0.25, 0.3) is 33.5 Å². The van der Waals surface area contributed by atoms with Crippen LogP contribution in [0.5, 0.6) is 0 Å². The maximum absolute atomic E-state index is 13.1. The van der Waals surface area contributed by atoms with Gasteiger partial charge in [-0.15, -0.1) is 0 Å². The Morgan fingerprint density at radius 2 is 2.00 bits per heavy atom. The van der Waals surface area contributed by atoms with Crippen molar-refractivity contribution in [3.05, 3.63) is 64.6 Å². The van der Waals surface area contributed by atoms with Crippen LogP contribution in [0.4, 0.5) is 14.6 Å². The van der Waals surface area contributed by atoms with Crippen LogP contribution in [-0.4, -0.2) is 47.3 Å². The van der Waals surface area contributed by atoms with Crippen LogP contribution in [0.2, 0.25) is 10.0 Å². The summed E-state index contributed by atoms with van der Waals surface area (Å²) in [5.74, 6) is 1.17. The van der Waals surface area contributed by atoms with Gasteiger partial charge in [0, 0.05) is 18.0 Å². The average Bonchev–Trinajstić information content (AvgIpc) is 3.61. The Morgan fingerprint density at radius 3 is 2.78 bits per heavy atom. The number of nitrogens with zero attached hydrogens (tertiary/aromatic N) is 6. The number of nitrogens with one attached hydrogen (secondary N) is 2. The maximum Gasteiger partial charge on any atom is 0.333 e. The standard InChI is InChI=1S/C23H18Cl2F2N8O/c24-14-5-16-17(6-15(14)25)32-20(31-16)9-28-21-22-29-8-19(13-7-30-35(10-13)23(26)27)34(22)11-18(33-21)12-1-3-36-4-2-12/h1,5-8,10-11,23H,2-4,9H2,(H,28,33)(H,31,32). The van der Waals surface area contributed by atoms with Gasteiger partial charge in [-0.25, -0.2) is 19.6 Å². The molecule has 2 N–H and O–H groups in total. The monoisotopic (exact) mass is 530 g/mol. The summed E-state index contributed by atoms with van der Waals surface area (Å²) in [6.45, 7) is -1.31. The number of hydrogen-bond acceptors (Lipinski definition) is 6. The van der Waals surface area contributed by atoms with Crippen molar-refractivity contribution in [1.29, 1.82) is 0 Å². The molecule has 1 aromatic carbocycles. The predicted octanol–water partition coefficient (Wildman–Crippen LogP) is 5.59. The highest BCUT2D eigenvalue weighted by Crippen LogP contribution is 2.30. The molecule has 6 rings (SSSR count). The van der Waals surface area contributed by atoms with Gasteiger partial charge in [0.05, 0.1) is 64.6 Å². The molecule has 0 fully saturated rings. The van der Waals surface area contributed by atoms with E-state index in [1.54, 1.807) is 18.3 Å². The van der Waals surface area contributed by atoms with E-state index < -0.39 is 6.55 Å². The van der Waals surface area contributed by atoms with E-state index in [2.05, 4.69) is 25.4 Å². The van der Waals surface area contributed by atoms with Crippen LogP contribution in [0.3, 0.4) is 0 Å². The molecule has 9 nitrogen and oxygen atoms in total. The van der Waals surface area contributed by atoms with Crippen LogP contribution >= 0.6 is 23.2 Å². The Labute approximate surface area is 212 Å². The molecule has 1 aliphatic rings. The van der Waals surface area contributed by atoms with Gasteiger partial charge in [0.15, 0.2) is 11.5 Å². The number of hydrogen-bond donors (Lipinski definition) is 2. The molecule has 0 bridgehead atoms. The molecule has 0 aliphatic carbocycles. The normalized spacial score (nSPS) is 14.2. The lowest BCUT2D eigenvalue weighted by Crippen LogP contribution is -2.10. The second kappa shape index (κ2) is 9.16. The van der Waals surface area contributed by atoms with E-state index in [-0.39, 0.29) is 0 Å². The van der Waals surface area contributed by atoms with Crippen molar-refractivity contribution in [3.8, 4) is 11.3 Å². The molecule has 0 unspecified atom stereocenters. The van der Waals surface area contributed by atoms with Gasteiger partial charge in [-0.05, 0) is 24.1 Å². The smallest absolute Gasteiger partial charge is 0.333 e. The third-order valence-electron chi connectivity index (χ3n) is 5.88. The number of ether oxygens (including phenoxy) is 1. The third kappa shape index (κ3) is 4.19. The lowest BCUT2D eigenvalue weighted by Gasteiger charge is -2.15. The van der Waals surface area contributed by atoms with Gasteiger partial charge >= 0.3 is 6.55 Å². The first kappa shape index (κ1) is 22.9. The Morgan fingerprint density at radius 1 is 1.14 bits per heavy atom. The molecule has 0 saturated heterocycles. The van der Waals surface area contributed by atoms with Crippen molar-refractivity contribution in [2.45, 2.75) is 19.5 Å². The highest BCUT2D eigenvalue weighted by molar-refractivity contribution is 6.42. The van der Waals surface area contributed by atoms with Crippen LogP contribution in [0.1, 0.15) is 24.5 Å². The van der Waals surface area contributed by atoms with Crippen molar-refractivity contribution >= 4 is 51.3 Å². The van der Waals surface area contributed by atoms with E-state index in [9.17, 15) is 8.78 Å². The Balaban J connectivity index is 1.40. The van der Waals surface area contributed by atoms with E-state index in [1.807, 2.05) is 16.7 Å². The van der Waals surface area contributed by atoms with Crippen molar-refractivity contribution in [3.63, 3.8) is 0 Å². The second-order valence-corrected chi connectivity index (χ2v) is 8.99. The van der Waals surface area contributed by atoms with Gasteiger partial charge in [-0.1, -0.05) is 29.3 Å². The van der Waals surface area contributed by atoms with Crippen LogP contribution in [0, 0.1) is 0 Å². The highest BCUT2D eigenvalue weighted by Gasteiger charge is 2.18. The number of anilines is 1. The number of alkyl halides is 2. The highest BCUT2D eigenvalue weighted by atomic mass is 35.5. The number of fused-ring (bicyclic) bond motifs is 2. The summed E-state index contributed by atoms with van der Waals surface area (Å²) < 4.78 is 34.1. The summed E-state index contributed by atoms with van der Waals surface area (Å²) in [4.78, 5) is 17.1. The van der Waals surface area contributed by atoms with E-state index in [0.717, 1.165) is 16.8 Å². The fraction of sp³-hybridized carbons (Fsp3) is 0.217. The summed E-state index contributed by atoms with van der Waals surface area (Å²) in [6.07, 6.45) is 8.84. The summed E-state index contributed by atoms with van der Waals surface area (Å²) in [5, 5.41) is 7.93. The van der Waals surface area contributed by atoms with Crippen molar-refractivity contribution < 1.29 is 13.5 Å². The van der Waals surface area contributed by atoms with Crippen molar-refractivity contribution in [2.24, 2.45) is 0 Å². The minimum absolute atomic E-state index is 0.323. The molecule has 4 aromatic heterocycles. The second-order valence-electron chi connectivity index (χ2n) is 8.17.